The van der Waals surface area contributed by atoms with Gasteiger partial charge in [0.25, 0.3) is 0 Å². The number of halogens is 2. The normalized spacial score (nSPS) is 27.4. The van der Waals surface area contributed by atoms with Crippen LogP contribution in [0.15, 0.2) is 27.1 Å². The first-order valence-corrected chi connectivity index (χ1v) is 6.38. The first kappa shape index (κ1) is 10.7. The fourth-order valence-corrected chi connectivity index (χ4v) is 2.57. The van der Waals surface area contributed by atoms with E-state index < -0.39 is 0 Å². The second-order valence-corrected chi connectivity index (χ2v) is 5.75. The van der Waals surface area contributed by atoms with E-state index in [2.05, 4.69) is 57.0 Å². The van der Waals surface area contributed by atoms with E-state index in [1.807, 2.05) is 0 Å². The van der Waals surface area contributed by atoms with Crippen LogP contribution in [0.5, 0.6) is 0 Å². The molecule has 1 aromatic rings. The van der Waals surface area contributed by atoms with Crippen LogP contribution in [-0.2, 0) is 0 Å². The van der Waals surface area contributed by atoms with Gasteiger partial charge < -0.3 is 5.73 Å². The van der Waals surface area contributed by atoms with Gasteiger partial charge in [-0.05, 0) is 74.7 Å². The number of hydrogen-bond donors (Lipinski definition) is 1. The van der Waals surface area contributed by atoms with Crippen molar-refractivity contribution in [2.24, 2.45) is 11.7 Å². The molecular formula is C11H13Br2N. The van der Waals surface area contributed by atoms with Crippen LogP contribution in [0, 0.1) is 5.92 Å². The predicted molar refractivity (Wildman–Crippen MR) is 66.3 cm³/mol. The second-order valence-electron chi connectivity index (χ2n) is 4.04. The van der Waals surface area contributed by atoms with E-state index in [-0.39, 0.29) is 0 Å². The van der Waals surface area contributed by atoms with Crippen LogP contribution >= 0.6 is 31.9 Å². The van der Waals surface area contributed by atoms with E-state index in [9.17, 15) is 0 Å². The molecule has 0 amide bonds. The Morgan fingerprint density at radius 1 is 1.36 bits per heavy atom. The van der Waals surface area contributed by atoms with Gasteiger partial charge in [-0.25, -0.2) is 0 Å². The van der Waals surface area contributed by atoms with Gasteiger partial charge in [0.2, 0.25) is 0 Å². The molecule has 0 radical (unpaired) electrons. The van der Waals surface area contributed by atoms with Gasteiger partial charge in [-0.3, -0.25) is 0 Å². The molecule has 1 saturated carbocycles. The van der Waals surface area contributed by atoms with E-state index in [0.717, 1.165) is 8.95 Å². The maximum atomic E-state index is 5.87. The minimum atomic E-state index is 0.322. The van der Waals surface area contributed by atoms with Gasteiger partial charge in [0, 0.05) is 15.0 Å². The molecule has 3 unspecified atom stereocenters. The van der Waals surface area contributed by atoms with Crippen LogP contribution in [0.25, 0.3) is 0 Å². The van der Waals surface area contributed by atoms with E-state index in [1.54, 1.807) is 0 Å². The molecule has 1 aromatic carbocycles. The summed E-state index contributed by atoms with van der Waals surface area (Å²) >= 11 is 6.99. The molecule has 0 bridgehead atoms. The van der Waals surface area contributed by atoms with Crippen molar-refractivity contribution in [3.63, 3.8) is 0 Å². The topological polar surface area (TPSA) is 26.0 Å². The van der Waals surface area contributed by atoms with Crippen LogP contribution in [0.1, 0.15) is 24.8 Å². The highest BCUT2D eigenvalue weighted by molar-refractivity contribution is 9.13. The standard InChI is InChI=1S/C11H13Br2N/c1-6(14)8-5-9(8)7-2-3-10(12)11(13)4-7/h2-4,6,8-9H,5,14H2,1H3. The molecule has 1 nitrogen and oxygen atoms in total. The number of nitrogens with two attached hydrogens (primary N) is 1. The summed E-state index contributed by atoms with van der Waals surface area (Å²) in [7, 11) is 0. The molecule has 14 heavy (non-hydrogen) atoms. The van der Waals surface area contributed by atoms with Crippen LogP contribution in [0.4, 0.5) is 0 Å². The summed E-state index contributed by atoms with van der Waals surface area (Å²) < 4.78 is 2.24. The number of benzene rings is 1. The summed E-state index contributed by atoms with van der Waals surface area (Å²) in [5.41, 5.74) is 7.28. The molecule has 0 aromatic heterocycles. The minimum absolute atomic E-state index is 0.322. The number of rotatable bonds is 2. The third kappa shape index (κ3) is 2.05. The largest absolute Gasteiger partial charge is 0.328 e. The Morgan fingerprint density at radius 3 is 2.57 bits per heavy atom. The maximum Gasteiger partial charge on any atom is 0.0320 e. The lowest BCUT2D eigenvalue weighted by Gasteiger charge is -2.05. The fourth-order valence-electron chi connectivity index (χ4n) is 1.92. The van der Waals surface area contributed by atoms with Crippen LogP contribution in [0.2, 0.25) is 0 Å². The summed E-state index contributed by atoms with van der Waals surface area (Å²) in [6.07, 6.45) is 1.24. The third-order valence-corrected chi connectivity index (χ3v) is 4.77. The van der Waals surface area contributed by atoms with Gasteiger partial charge in [-0.2, -0.15) is 0 Å². The van der Waals surface area contributed by atoms with Crippen molar-refractivity contribution in [3.05, 3.63) is 32.7 Å². The summed E-state index contributed by atoms with van der Waals surface area (Å²) in [5, 5.41) is 0. The smallest absolute Gasteiger partial charge is 0.0320 e. The molecule has 0 heterocycles. The molecule has 0 saturated heterocycles. The first-order chi connectivity index (χ1) is 6.59. The van der Waals surface area contributed by atoms with Crippen molar-refractivity contribution < 1.29 is 0 Å². The molecule has 3 heteroatoms. The van der Waals surface area contributed by atoms with Gasteiger partial charge in [0.15, 0.2) is 0 Å². The summed E-state index contributed by atoms with van der Waals surface area (Å²) in [5.74, 6) is 1.36. The van der Waals surface area contributed by atoms with Crippen LogP contribution in [0.3, 0.4) is 0 Å². The summed E-state index contributed by atoms with van der Waals surface area (Å²) in [6, 6.07) is 6.79. The molecule has 1 aliphatic rings. The van der Waals surface area contributed by atoms with Crippen molar-refractivity contribution >= 4 is 31.9 Å². The second kappa shape index (κ2) is 3.95. The van der Waals surface area contributed by atoms with Gasteiger partial charge in [-0.1, -0.05) is 6.07 Å². The molecule has 1 fully saturated rings. The predicted octanol–water partition coefficient (Wildman–Crippen LogP) is 3.66. The molecule has 3 atom stereocenters. The van der Waals surface area contributed by atoms with Gasteiger partial charge in [-0.15, -0.1) is 0 Å². The van der Waals surface area contributed by atoms with Crippen molar-refractivity contribution in [3.8, 4) is 0 Å². The van der Waals surface area contributed by atoms with E-state index in [4.69, 9.17) is 5.73 Å². The summed E-state index contributed by atoms with van der Waals surface area (Å²) in [4.78, 5) is 0. The highest BCUT2D eigenvalue weighted by Crippen LogP contribution is 2.49. The lowest BCUT2D eigenvalue weighted by Crippen LogP contribution is -2.17. The monoisotopic (exact) mass is 317 g/mol. The van der Waals surface area contributed by atoms with E-state index in [0.29, 0.717) is 17.9 Å². The van der Waals surface area contributed by atoms with Gasteiger partial charge in [0.1, 0.15) is 0 Å². The zero-order valence-electron chi connectivity index (χ0n) is 8.00. The Morgan fingerprint density at radius 2 is 2.07 bits per heavy atom. The SMILES string of the molecule is CC(N)C1CC1c1ccc(Br)c(Br)c1. The zero-order valence-corrected chi connectivity index (χ0v) is 11.2. The lowest BCUT2D eigenvalue weighted by atomic mass is 10.1. The maximum absolute atomic E-state index is 5.87. The van der Waals surface area contributed by atoms with Gasteiger partial charge >= 0.3 is 0 Å². The molecule has 1 aliphatic carbocycles. The van der Waals surface area contributed by atoms with Crippen molar-refractivity contribution in [2.75, 3.05) is 0 Å². The minimum Gasteiger partial charge on any atom is -0.328 e. The van der Waals surface area contributed by atoms with Crippen LogP contribution < -0.4 is 5.73 Å². The van der Waals surface area contributed by atoms with Crippen LogP contribution in [-0.4, -0.2) is 6.04 Å². The van der Waals surface area contributed by atoms with Crippen molar-refractivity contribution in [2.45, 2.75) is 25.3 Å². The molecule has 2 N–H and O–H groups in total. The molecule has 76 valence electrons. The summed E-state index contributed by atoms with van der Waals surface area (Å²) in [6.45, 7) is 2.10. The highest BCUT2D eigenvalue weighted by Gasteiger charge is 2.40. The van der Waals surface area contributed by atoms with E-state index in [1.165, 1.54) is 12.0 Å². The lowest BCUT2D eigenvalue weighted by molar-refractivity contribution is 0.631. The Bertz CT molecular complexity index is 349. The quantitative estimate of drug-likeness (QED) is 0.884. The highest BCUT2D eigenvalue weighted by atomic mass is 79.9. The molecule has 0 spiro atoms. The average molecular weight is 319 g/mol. The first-order valence-electron chi connectivity index (χ1n) is 4.80. The zero-order chi connectivity index (χ0) is 10.3. The molecular weight excluding hydrogens is 306 g/mol. The Balaban J connectivity index is 2.16. The number of hydrogen-bond acceptors (Lipinski definition) is 1. The Kier molecular flexibility index (Phi) is 3.01. The Hall–Kier alpha value is 0.140. The molecule has 2 rings (SSSR count). The van der Waals surface area contributed by atoms with E-state index >= 15 is 0 Å². The van der Waals surface area contributed by atoms with Crippen molar-refractivity contribution in [1.82, 2.24) is 0 Å². The molecule has 0 aliphatic heterocycles. The average Bonchev–Trinajstić information content (AvgIpc) is 2.89. The van der Waals surface area contributed by atoms with Gasteiger partial charge in [0.05, 0.1) is 0 Å². The third-order valence-electron chi connectivity index (χ3n) is 2.89. The fraction of sp³-hybridized carbons (Fsp3) is 0.455. The Labute approximate surface area is 101 Å². The van der Waals surface area contributed by atoms with Crippen molar-refractivity contribution in [1.29, 1.82) is 0 Å².